The molecule has 0 bridgehead atoms. The van der Waals surface area contributed by atoms with Crippen molar-refractivity contribution in [3.63, 3.8) is 0 Å². The number of hydrogen-bond acceptors (Lipinski definition) is 3. The summed E-state index contributed by atoms with van der Waals surface area (Å²) in [6.45, 7) is 10.3. The van der Waals surface area contributed by atoms with E-state index in [4.69, 9.17) is 0 Å². The van der Waals surface area contributed by atoms with Gasteiger partial charge in [0.1, 0.15) is 0 Å². The van der Waals surface area contributed by atoms with E-state index in [9.17, 15) is 5.11 Å². The summed E-state index contributed by atoms with van der Waals surface area (Å²) < 4.78 is 0. The zero-order chi connectivity index (χ0) is 11.5. The summed E-state index contributed by atoms with van der Waals surface area (Å²) in [7, 11) is 0. The molecule has 0 saturated carbocycles. The van der Waals surface area contributed by atoms with Gasteiger partial charge < -0.3 is 10.0 Å². The van der Waals surface area contributed by atoms with Gasteiger partial charge in [-0.15, -0.1) is 0 Å². The number of rotatable bonds is 3. The molecule has 2 saturated heterocycles. The molecule has 0 aromatic carbocycles. The molecule has 2 fully saturated rings. The Morgan fingerprint density at radius 2 is 1.81 bits per heavy atom. The van der Waals surface area contributed by atoms with Crippen LogP contribution in [0.1, 0.15) is 33.1 Å². The minimum absolute atomic E-state index is 0.0614. The van der Waals surface area contributed by atoms with Crippen LogP contribution < -0.4 is 0 Å². The van der Waals surface area contributed by atoms with Crippen molar-refractivity contribution in [3.8, 4) is 0 Å². The van der Waals surface area contributed by atoms with Crippen molar-refractivity contribution in [1.82, 2.24) is 9.80 Å². The quantitative estimate of drug-likeness (QED) is 0.782. The van der Waals surface area contributed by atoms with E-state index in [2.05, 4.69) is 23.6 Å². The van der Waals surface area contributed by atoms with Crippen molar-refractivity contribution < 1.29 is 5.11 Å². The number of piperidine rings is 1. The van der Waals surface area contributed by atoms with Crippen molar-refractivity contribution in [2.24, 2.45) is 5.92 Å². The molecule has 3 heteroatoms. The summed E-state index contributed by atoms with van der Waals surface area (Å²) in [5.74, 6) is 0.783. The molecule has 0 radical (unpaired) electrons. The average molecular weight is 226 g/mol. The minimum atomic E-state index is -0.0614. The van der Waals surface area contributed by atoms with Gasteiger partial charge in [0, 0.05) is 25.7 Å². The van der Waals surface area contributed by atoms with Crippen LogP contribution >= 0.6 is 0 Å². The molecule has 2 aliphatic heterocycles. The van der Waals surface area contributed by atoms with Gasteiger partial charge in [-0.25, -0.2) is 0 Å². The summed E-state index contributed by atoms with van der Waals surface area (Å²) in [5, 5.41) is 9.55. The van der Waals surface area contributed by atoms with Gasteiger partial charge in [0.05, 0.1) is 6.10 Å². The third-order valence-electron chi connectivity index (χ3n) is 3.89. The maximum absolute atomic E-state index is 9.55. The van der Waals surface area contributed by atoms with E-state index in [0.29, 0.717) is 0 Å². The second-order valence-electron chi connectivity index (χ2n) is 5.86. The fraction of sp³-hybridized carbons (Fsp3) is 1.00. The van der Waals surface area contributed by atoms with Crippen LogP contribution in [0.3, 0.4) is 0 Å². The molecule has 0 amide bonds. The highest BCUT2D eigenvalue weighted by molar-refractivity contribution is 4.85. The van der Waals surface area contributed by atoms with Crippen molar-refractivity contribution in [1.29, 1.82) is 0 Å². The average Bonchev–Trinajstić information content (AvgIpc) is 2.65. The molecular weight excluding hydrogens is 200 g/mol. The van der Waals surface area contributed by atoms with Gasteiger partial charge >= 0.3 is 0 Å². The smallest absolute Gasteiger partial charge is 0.0679 e. The summed E-state index contributed by atoms with van der Waals surface area (Å²) in [6.07, 6.45) is 3.50. The summed E-state index contributed by atoms with van der Waals surface area (Å²) in [6, 6.07) is 0.737. The number of β-amino-alcohol motifs (C(OH)–C–C–N with tert-alkyl or cyclic N) is 1. The second-order valence-corrected chi connectivity index (χ2v) is 5.86. The number of aliphatic hydroxyl groups is 1. The lowest BCUT2D eigenvalue weighted by Gasteiger charge is -2.37. The first-order valence-corrected chi connectivity index (χ1v) is 6.79. The number of aliphatic hydroxyl groups excluding tert-OH is 1. The number of hydrogen-bond donors (Lipinski definition) is 1. The fourth-order valence-corrected chi connectivity index (χ4v) is 3.08. The van der Waals surface area contributed by atoms with Crippen LogP contribution in [0.15, 0.2) is 0 Å². The highest BCUT2D eigenvalue weighted by atomic mass is 16.3. The zero-order valence-electron chi connectivity index (χ0n) is 10.7. The largest absolute Gasteiger partial charge is 0.392 e. The molecule has 3 nitrogen and oxygen atoms in total. The molecule has 2 rings (SSSR count). The van der Waals surface area contributed by atoms with E-state index in [1.165, 1.54) is 32.5 Å². The van der Waals surface area contributed by atoms with E-state index in [0.717, 1.165) is 31.5 Å². The summed E-state index contributed by atoms with van der Waals surface area (Å²) >= 11 is 0. The van der Waals surface area contributed by atoms with Crippen LogP contribution in [-0.2, 0) is 0 Å². The van der Waals surface area contributed by atoms with Gasteiger partial charge in [-0.2, -0.15) is 0 Å². The lowest BCUT2D eigenvalue weighted by atomic mass is 10.0. The van der Waals surface area contributed by atoms with Crippen LogP contribution in [0.4, 0.5) is 0 Å². The lowest BCUT2D eigenvalue weighted by Crippen LogP contribution is -2.45. The SMILES string of the molecule is CC(C)CN1CCC(N2CCC(O)C2)CC1. The lowest BCUT2D eigenvalue weighted by molar-refractivity contribution is 0.103. The Hall–Kier alpha value is -0.120. The topological polar surface area (TPSA) is 26.7 Å². The van der Waals surface area contributed by atoms with Gasteiger partial charge in [0.2, 0.25) is 0 Å². The molecule has 2 aliphatic rings. The monoisotopic (exact) mass is 226 g/mol. The van der Waals surface area contributed by atoms with Crippen LogP contribution in [0.2, 0.25) is 0 Å². The van der Waals surface area contributed by atoms with E-state index in [-0.39, 0.29) is 6.10 Å². The first-order chi connectivity index (χ1) is 7.65. The first-order valence-electron chi connectivity index (χ1n) is 6.79. The Morgan fingerprint density at radius 1 is 1.12 bits per heavy atom. The Balaban J connectivity index is 1.72. The van der Waals surface area contributed by atoms with Crippen molar-refractivity contribution >= 4 is 0 Å². The molecule has 94 valence electrons. The van der Waals surface area contributed by atoms with Crippen molar-refractivity contribution in [2.45, 2.75) is 45.3 Å². The number of nitrogens with zero attached hydrogens (tertiary/aromatic N) is 2. The maximum Gasteiger partial charge on any atom is 0.0679 e. The van der Waals surface area contributed by atoms with Crippen LogP contribution in [-0.4, -0.2) is 59.8 Å². The Bertz CT molecular complexity index is 212. The predicted molar refractivity (Wildman–Crippen MR) is 66.5 cm³/mol. The summed E-state index contributed by atoms with van der Waals surface area (Å²) in [4.78, 5) is 5.09. The normalized spacial score (nSPS) is 30.4. The van der Waals surface area contributed by atoms with Crippen LogP contribution in [0, 0.1) is 5.92 Å². The molecule has 0 aromatic heterocycles. The molecule has 16 heavy (non-hydrogen) atoms. The van der Waals surface area contributed by atoms with Crippen LogP contribution in [0.25, 0.3) is 0 Å². The fourth-order valence-electron chi connectivity index (χ4n) is 3.08. The Kier molecular flexibility index (Phi) is 4.22. The maximum atomic E-state index is 9.55. The standard InChI is InChI=1S/C13H26N2O/c1-11(2)9-14-6-3-12(4-7-14)15-8-5-13(16)10-15/h11-13,16H,3-10H2,1-2H3. The third kappa shape index (κ3) is 3.19. The van der Waals surface area contributed by atoms with E-state index in [1.54, 1.807) is 0 Å². The highest BCUT2D eigenvalue weighted by Gasteiger charge is 2.29. The second kappa shape index (κ2) is 5.48. The number of likely N-dealkylation sites (tertiary alicyclic amines) is 2. The van der Waals surface area contributed by atoms with E-state index >= 15 is 0 Å². The Morgan fingerprint density at radius 3 is 2.31 bits per heavy atom. The third-order valence-corrected chi connectivity index (χ3v) is 3.89. The zero-order valence-corrected chi connectivity index (χ0v) is 10.7. The molecular formula is C13H26N2O. The van der Waals surface area contributed by atoms with Crippen molar-refractivity contribution in [3.05, 3.63) is 0 Å². The van der Waals surface area contributed by atoms with E-state index < -0.39 is 0 Å². The molecule has 0 spiro atoms. The molecule has 1 N–H and O–H groups in total. The molecule has 0 aromatic rings. The van der Waals surface area contributed by atoms with Gasteiger partial charge in [-0.05, 0) is 38.3 Å². The summed E-state index contributed by atoms with van der Waals surface area (Å²) in [5.41, 5.74) is 0. The van der Waals surface area contributed by atoms with E-state index in [1.807, 2.05) is 0 Å². The predicted octanol–water partition coefficient (Wildman–Crippen LogP) is 1.17. The molecule has 1 atom stereocenters. The first kappa shape index (κ1) is 12.3. The van der Waals surface area contributed by atoms with Gasteiger partial charge in [0.15, 0.2) is 0 Å². The molecule has 0 aliphatic carbocycles. The molecule has 2 heterocycles. The minimum Gasteiger partial charge on any atom is -0.392 e. The van der Waals surface area contributed by atoms with Gasteiger partial charge in [-0.1, -0.05) is 13.8 Å². The Labute approximate surface area is 99.4 Å². The van der Waals surface area contributed by atoms with Crippen LogP contribution in [0.5, 0.6) is 0 Å². The molecule has 1 unspecified atom stereocenters. The highest BCUT2D eigenvalue weighted by Crippen LogP contribution is 2.21. The van der Waals surface area contributed by atoms with Gasteiger partial charge in [0.25, 0.3) is 0 Å². The van der Waals surface area contributed by atoms with Crippen molar-refractivity contribution in [2.75, 3.05) is 32.7 Å². The van der Waals surface area contributed by atoms with Gasteiger partial charge in [-0.3, -0.25) is 4.90 Å².